The highest BCUT2D eigenvalue weighted by Gasteiger charge is 2.41. The molecule has 5 nitrogen and oxygen atoms in total. The van der Waals surface area contributed by atoms with Crippen molar-refractivity contribution in [3.05, 3.63) is 29.3 Å². The number of carbonyl (C=O) groups excluding carboxylic acids is 2. The fourth-order valence-electron chi connectivity index (χ4n) is 4.44. The van der Waals surface area contributed by atoms with Crippen LogP contribution in [-0.2, 0) is 22.4 Å². The van der Waals surface area contributed by atoms with Crippen LogP contribution in [0.3, 0.4) is 0 Å². The fraction of sp³-hybridized carbons (Fsp3) is 0.550. The molecule has 5 heteroatoms. The van der Waals surface area contributed by atoms with Crippen molar-refractivity contribution < 1.29 is 9.59 Å². The first-order valence-electron chi connectivity index (χ1n) is 9.26. The SMILES string of the molecule is N#CC1(NC(=O)[C@H]2CC(=O)N(c3ccc4c(c3)CCC4)C2)CCCC1. The molecule has 1 atom stereocenters. The number of nitrogens with zero attached hydrogens (tertiary/aromatic N) is 2. The van der Waals surface area contributed by atoms with Crippen LogP contribution in [0.1, 0.15) is 49.7 Å². The maximum atomic E-state index is 12.6. The van der Waals surface area contributed by atoms with Crippen molar-refractivity contribution in [1.82, 2.24) is 5.32 Å². The van der Waals surface area contributed by atoms with Crippen LogP contribution < -0.4 is 10.2 Å². The van der Waals surface area contributed by atoms with Crippen LogP contribution in [0, 0.1) is 17.2 Å². The number of benzene rings is 1. The average molecular weight is 337 g/mol. The number of anilines is 1. The van der Waals surface area contributed by atoms with Gasteiger partial charge in [0.1, 0.15) is 5.54 Å². The van der Waals surface area contributed by atoms with Crippen LogP contribution in [-0.4, -0.2) is 23.9 Å². The molecule has 25 heavy (non-hydrogen) atoms. The number of aryl methyl sites for hydroxylation is 2. The summed E-state index contributed by atoms with van der Waals surface area (Å²) < 4.78 is 0. The number of rotatable bonds is 3. The van der Waals surface area contributed by atoms with E-state index in [2.05, 4.69) is 23.5 Å². The summed E-state index contributed by atoms with van der Waals surface area (Å²) in [5, 5.41) is 12.4. The predicted octanol–water partition coefficient (Wildman–Crippen LogP) is 2.48. The van der Waals surface area contributed by atoms with Crippen molar-refractivity contribution in [1.29, 1.82) is 5.26 Å². The van der Waals surface area contributed by atoms with Crippen molar-refractivity contribution >= 4 is 17.5 Å². The number of hydrogen-bond donors (Lipinski definition) is 1. The summed E-state index contributed by atoms with van der Waals surface area (Å²) >= 11 is 0. The van der Waals surface area contributed by atoms with E-state index < -0.39 is 5.54 Å². The molecule has 1 saturated heterocycles. The summed E-state index contributed by atoms with van der Waals surface area (Å²) in [5.74, 6) is -0.525. The second-order valence-corrected chi connectivity index (χ2v) is 7.60. The van der Waals surface area contributed by atoms with Gasteiger partial charge < -0.3 is 10.2 Å². The summed E-state index contributed by atoms with van der Waals surface area (Å²) in [5.41, 5.74) is 2.88. The van der Waals surface area contributed by atoms with E-state index >= 15 is 0 Å². The largest absolute Gasteiger partial charge is 0.338 e. The van der Waals surface area contributed by atoms with Crippen molar-refractivity contribution in [2.45, 2.75) is 56.9 Å². The summed E-state index contributed by atoms with van der Waals surface area (Å²) in [4.78, 5) is 26.8. The normalized spacial score (nSPS) is 24.2. The smallest absolute Gasteiger partial charge is 0.227 e. The Morgan fingerprint density at radius 2 is 1.96 bits per heavy atom. The summed E-state index contributed by atoms with van der Waals surface area (Å²) in [7, 11) is 0. The molecule has 0 spiro atoms. The molecular weight excluding hydrogens is 314 g/mol. The van der Waals surface area contributed by atoms with E-state index in [0.717, 1.165) is 31.4 Å². The minimum absolute atomic E-state index is 0.00414. The zero-order chi connectivity index (χ0) is 17.4. The maximum Gasteiger partial charge on any atom is 0.227 e. The number of amides is 2. The first-order valence-corrected chi connectivity index (χ1v) is 9.26. The van der Waals surface area contributed by atoms with E-state index in [-0.39, 0.29) is 24.2 Å². The molecule has 0 bridgehead atoms. The van der Waals surface area contributed by atoms with Crippen LogP contribution in [0.2, 0.25) is 0 Å². The molecule has 1 saturated carbocycles. The molecular formula is C20H23N3O2. The highest BCUT2D eigenvalue weighted by atomic mass is 16.2. The van der Waals surface area contributed by atoms with Crippen LogP contribution in [0.5, 0.6) is 0 Å². The van der Waals surface area contributed by atoms with Gasteiger partial charge in [0.15, 0.2) is 0 Å². The van der Waals surface area contributed by atoms with Gasteiger partial charge in [-0.05, 0) is 68.2 Å². The second-order valence-electron chi connectivity index (χ2n) is 7.60. The second kappa shape index (κ2) is 6.18. The lowest BCUT2D eigenvalue weighted by atomic mass is 9.97. The summed E-state index contributed by atoms with van der Waals surface area (Å²) in [6, 6.07) is 8.50. The molecule has 0 radical (unpaired) electrons. The number of nitrogens with one attached hydrogen (secondary N) is 1. The van der Waals surface area contributed by atoms with Crippen LogP contribution >= 0.6 is 0 Å². The van der Waals surface area contributed by atoms with E-state index in [1.165, 1.54) is 17.5 Å². The average Bonchev–Trinajstić information content (AvgIpc) is 3.33. The van der Waals surface area contributed by atoms with Gasteiger partial charge in [-0.2, -0.15) is 5.26 Å². The monoisotopic (exact) mass is 337 g/mol. The lowest BCUT2D eigenvalue weighted by Gasteiger charge is -2.24. The third-order valence-corrected chi connectivity index (χ3v) is 5.92. The molecule has 0 unspecified atom stereocenters. The van der Waals surface area contributed by atoms with Crippen molar-refractivity contribution in [3.63, 3.8) is 0 Å². The molecule has 1 aromatic rings. The van der Waals surface area contributed by atoms with Gasteiger partial charge in [-0.1, -0.05) is 6.07 Å². The van der Waals surface area contributed by atoms with Crippen LogP contribution in [0.4, 0.5) is 5.69 Å². The Balaban J connectivity index is 1.47. The molecule has 4 rings (SSSR count). The van der Waals surface area contributed by atoms with Gasteiger partial charge in [0.05, 0.1) is 12.0 Å². The molecule has 2 aliphatic carbocycles. The Bertz CT molecular complexity index is 759. The molecule has 0 aromatic heterocycles. The Morgan fingerprint density at radius 3 is 2.72 bits per heavy atom. The minimum atomic E-state index is -0.721. The zero-order valence-corrected chi connectivity index (χ0v) is 14.4. The van der Waals surface area contributed by atoms with E-state index in [4.69, 9.17) is 0 Å². The highest BCUT2D eigenvalue weighted by Crippen LogP contribution is 2.32. The van der Waals surface area contributed by atoms with Gasteiger partial charge in [-0.25, -0.2) is 0 Å². The van der Waals surface area contributed by atoms with E-state index in [0.29, 0.717) is 19.4 Å². The highest BCUT2D eigenvalue weighted by molar-refractivity contribution is 6.00. The first kappa shape index (κ1) is 16.1. The Morgan fingerprint density at radius 1 is 1.20 bits per heavy atom. The van der Waals surface area contributed by atoms with E-state index in [1.807, 2.05) is 6.07 Å². The topological polar surface area (TPSA) is 73.2 Å². The van der Waals surface area contributed by atoms with Gasteiger partial charge in [-0.15, -0.1) is 0 Å². The molecule has 2 amide bonds. The Kier molecular flexibility index (Phi) is 3.99. The minimum Gasteiger partial charge on any atom is -0.338 e. The van der Waals surface area contributed by atoms with Gasteiger partial charge in [-0.3, -0.25) is 9.59 Å². The first-order chi connectivity index (χ1) is 12.1. The van der Waals surface area contributed by atoms with Gasteiger partial charge >= 0.3 is 0 Å². The van der Waals surface area contributed by atoms with E-state index in [9.17, 15) is 14.9 Å². The quantitative estimate of drug-likeness (QED) is 0.921. The fourth-order valence-corrected chi connectivity index (χ4v) is 4.44. The van der Waals surface area contributed by atoms with Crippen molar-refractivity contribution in [3.8, 4) is 6.07 Å². The number of nitriles is 1. The molecule has 2 fully saturated rings. The molecule has 1 aliphatic heterocycles. The number of carbonyl (C=O) groups is 2. The molecule has 1 heterocycles. The third kappa shape index (κ3) is 2.90. The Hall–Kier alpha value is -2.35. The lowest BCUT2D eigenvalue weighted by molar-refractivity contribution is -0.127. The molecule has 3 aliphatic rings. The van der Waals surface area contributed by atoms with E-state index in [1.54, 1.807) is 4.90 Å². The van der Waals surface area contributed by atoms with Crippen LogP contribution in [0.15, 0.2) is 18.2 Å². The predicted molar refractivity (Wildman–Crippen MR) is 93.9 cm³/mol. The van der Waals surface area contributed by atoms with Crippen LogP contribution in [0.25, 0.3) is 0 Å². The lowest BCUT2D eigenvalue weighted by Crippen LogP contribution is -2.48. The Labute approximate surface area is 148 Å². The number of hydrogen-bond acceptors (Lipinski definition) is 3. The zero-order valence-electron chi connectivity index (χ0n) is 14.4. The van der Waals surface area contributed by atoms with Crippen molar-refractivity contribution in [2.24, 2.45) is 5.92 Å². The van der Waals surface area contributed by atoms with Gasteiger partial charge in [0, 0.05) is 18.7 Å². The molecule has 1 N–H and O–H groups in total. The van der Waals surface area contributed by atoms with Crippen molar-refractivity contribution in [2.75, 3.05) is 11.4 Å². The summed E-state index contributed by atoms with van der Waals surface area (Å²) in [6.07, 6.45) is 6.95. The molecule has 1 aromatic carbocycles. The van der Waals surface area contributed by atoms with Gasteiger partial charge in [0.25, 0.3) is 0 Å². The molecule has 130 valence electrons. The number of fused-ring (bicyclic) bond motifs is 1. The summed E-state index contributed by atoms with van der Waals surface area (Å²) in [6.45, 7) is 0.408. The standard InChI is InChI=1S/C20H23N3O2/c21-13-20(8-1-2-9-20)22-19(25)16-11-18(24)23(12-16)17-7-6-14-4-3-5-15(14)10-17/h6-7,10,16H,1-5,8-9,11-12H2,(H,22,25)/t16-/m0/s1. The third-order valence-electron chi connectivity index (χ3n) is 5.92. The van der Waals surface area contributed by atoms with Gasteiger partial charge in [0.2, 0.25) is 11.8 Å². The maximum absolute atomic E-state index is 12.6.